The molecule has 0 saturated heterocycles. The second-order valence-electron chi connectivity index (χ2n) is 4.23. The van der Waals surface area contributed by atoms with Crippen molar-refractivity contribution in [3.63, 3.8) is 0 Å². The lowest BCUT2D eigenvalue weighted by molar-refractivity contribution is 0.480. The summed E-state index contributed by atoms with van der Waals surface area (Å²) in [5, 5.41) is 10.7. The van der Waals surface area contributed by atoms with Gasteiger partial charge in [0.15, 0.2) is 0 Å². The summed E-state index contributed by atoms with van der Waals surface area (Å²) >= 11 is 0. The summed E-state index contributed by atoms with van der Waals surface area (Å²) in [6.07, 6.45) is 5.41. The highest BCUT2D eigenvalue weighted by molar-refractivity contribution is 5.29. The highest BCUT2D eigenvalue weighted by atomic mass is 16.4. The molecule has 76 valence electrons. The predicted octanol–water partition coefficient (Wildman–Crippen LogP) is 1.25. The Balaban J connectivity index is 1.64. The first-order chi connectivity index (χ1) is 6.84. The van der Waals surface area contributed by atoms with Crippen LogP contribution >= 0.6 is 0 Å². The van der Waals surface area contributed by atoms with Gasteiger partial charge in [0.05, 0.1) is 0 Å². The molecule has 14 heavy (non-hydrogen) atoms. The van der Waals surface area contributed by atoms with Gasteiger partial charge in [0.2, 0.25) is 0 Å². The standard InChI is InChI=1S/C9H14N4O/c10-8-12-13-9(14-8)11-7-5-3-1-2-4-6(5)7/h5-7H,1-4H2,(H2,10,12)(H,11,13). The fourth-order valence-corrected chi connectivity index (χ4v) is 2.64. The Morgan fingerprint density at radius 1 is 1.21 bits per heavy atom. The third-order valence-corrected chi connectivity index (χ3v) is 3.39. The van der Waals surface area contributed by atoms with Gasteiger partial charge >= 0.3 is 12.0 Å². The van der Waals surface area contributed by atoms with E-state index in [1.807, 2.05) is 0 Å². The Morgan fingerprint density at radius 3 is 2.50 bits per heavy atom. The number of nitrogens with one attached hydrogen (secondary N) is 1. The Hall–Kier alpha value is -1.26. The van der Waals surface area contributed by atoms with Gasteiger partial charge in [0.1, 0.15) is 0 Å². The van der Waals surface area contributed by atoms with Gasteiger partial charge in [-0.2, -0.15) is 0 Å². The van der Waals surface area contributed by atoms with E-state index in [4.69, 9.17) is 10.2 Å². The van der Waals surface area contributed by atoms with Crippen LogP contribution in [-0.4, -0.2) is 16.2 Å². The summed E-state index contributed by atoms with van der Waals surface area (Å²) in [5.74, 6) is 1.66. The summed E-state index contributed by atoms with van der Waals surface area (Å²) in [5.41, 5.74) is 5.34. The van der Waals surface area contributed by atoms with Crippen LogP contribution in [0.5, 0.6) is 0 Å². The zero-order valence-electron chi connectivity index (χ0n) is 7.94. The molecule has 0 spiro atoms. The number of hydrogen-bond acceptors (Lipinski definition) is 5. The van der Waals surface area contributed by atoms with Crippen LogP contribution in [-0.2, 0) is 0 Å². The van der Waals surface area contributed by atoms with Gasteiger partial charge in [-0.15, -0.1) is 0 Å². The van der Waals surface area contributed by atoms with E-state index in [1.54, 1.807) is 0 Å². The zero-order valence-corrected chi connectivity index (χ0v) is 7.94. The predicted molar refractivity (Wildman–Crippen MR) is 51.6 cm³/mol. The molecule has 2 unspecified atom stereocenters. The van der Waals surface area contributed by atoms with Crippen molar-refractivity contribution in [2.45, 2.75) is 31.7 Å². The molecule has 0 amide bonds. The fourth-order valence-electron chi connectivity index (χ4n) is 2.64. The van der Waals surface area contributed by atoms with E-state index in [1.165, 1.54) is 25.7 Å². The number of aromatic nitrogens is 2. The largest absolute Gasteiger partial charge is 0.390 e. The monoisotopic (exact) mass is 194 g/mol. The van der Waals surface area contributed by atoms with Crippen molar-refractivity contribution in [3.05, 3.63) is 0 Å². The van der Waals surface area contributed by atoms with Crippen molar-refractivity contribution < 1.29 is 4.42 Å². The maximum absolute atomic E-state index is 5.34. The van der Waals surface area contributed by atoms with Crippen LogP contribution in [0.4, 0.5) is 12.0 Å². The molecule has 2 fully saturated rings. The van der Waals surface area contributed by atoms with Gasteiger partial charge in [0.25, 0.3) is 0 Å². The van der Waals surface area contributed by atoms with E-state index < -0.39 is 0 Å². The summed E-state index contributed by atoms with van der Waals surface area (Å²) in [4.78, 5) is 0. The number of anilines is 2. The molecule has 0 aliphatic heterocycles. The van der Waals surface area contributed by atoms with Crippen LogP contribution in [0, 0.1) is 11.8 Å². The number of hydrogen-bond donors (Lipinski definition) is 2. The Bertz CT molecular complexity index is 325. The van der Waals surface area contributed by atoms with Crippen LogP contribution < -0.4 is 11.1 Å². The average Bonchev–Trinajstić information content (AvgIpc) is 2.72. The molecule has 1 aromatic heterocycles. The first-order valence-corrected chi connectivity index (χ1v) is 5.20. The van der Waals surface area contributed by atoms with E-state index in [0.29, 0.717) is 12.1 Å². The number of fused-ring (bicyclic) bond motifs is 1. The van der Waals surface area contributed by atoms with Crippen LogP contribution in [0.15, 0.2) is 4.42 Å². The second-order valence-corrected chi connectivity index (χ2v) is 4.23. The van der Waals surface area contributed by atoms with Gasteiger partial charge in [-0.1, -0.05) is 23.0 Å². The molecule has 0 bridgehead atoms. The van der Waals surface area contributed by atoms with Gasteiger partial charge < -0.3 is 15.5 Å². The van der Waals surface area contributed by atoms with Gasteiger partial charge in [0, 0.05) is 6.04 Å². The van der Waals surface area contributed by atoms with Crippen LogP contribution in [0.25, 0.3) is 0 Å². The smallest absolute Gasteiger partial charge is 0.317 e. The lowest BCUT2D eigenvalue weighted by Crippen LogP contribution is -2.05. The zero-order chi connectivity index (χ0) is 9.54. The second kappa shape index (κ2) is 2.87. The van der Waals surface area contributed by atoms with E-state index in [-0.39, 0.29) is 6.01 Å². The van der Waals surface area contributed by atoms with Crippen LogP contribution in [0.2, 0.25) is 0 Å². The summed E-state index contributed by atoms with van der Waals surface area (Å²) in [6, 6.07) is 1.16. The number of nitrogen functional groups attached to an aromatic ring is 1. The third kappa shape index (κ3) is 1.23. The van der Waals surface area contributed by atoms with Crippen molar-refractivity contribution >= 4 is 12.0 Å². The molecule has 3 rings (SSSR count). The Labute approximate surface area is 82.1 Å². The normalized spacial score (nSPS) is 35.0. The van der Waals surface area contributed by atoms with Crippen molar-refractivity contribution in [2.24, 2.45) is 11.8 Å². The highest BCUT2D eigenvalue weighted by Gasteiger charge is 2.51. The molecule has 5 heteroatoms. The molecule has 2 aliphatic rings. The van der Waals surface area contributed by atoms with Crippen molar-refractivity contribution in [2.75, 3.05) is 11.1 Å². The Kier molecular flexibility index (Phi) is 1.65. The first kappa shape index (κ1) is 8.08. The lowest BCUT2D eigenvalue weighted by Gasteiger charge is -2.04. The van der Waals surface area contributed by atoms with E-state index in [9.17, 15) is 0 Å². The first-order valence-electron chi connectivity index (χ1n) is 5.20. The van der Waals surface area contributed by atoms with E-state index in [2.05, 4.69) is 15.5 Å². The molecule has 3 N–H and O–H groups in total. The molecule has 1 heterocycles. The Morgan fingerprint density at radius 2 is 1.93 bits per heavy atom. The van der Waals surface area contributed by atoms with Crippen LogP contribution in [0.1, 0.15) is 25.7 Å². The summed E-state index contributed by atoms with van der Waals surface area (Å²) < 4.78 is 5.08. The maximum atomic E-state index is 5.34. The number of nitrogens with two attached hydrogens (primary N) is 1. The molecular weight excluding hydrogens is 180 g/mol. The molecule has 5 nitrogen and oxygen atoms in total. The molecule has 2 saturated carbocycles. The quantitative estimate of drug-likeness (QED) is 0.741. The SMILES string of the molecule is Nc1nnc(NC2C3CCCCC32)o1. The highest BCUT2D eigenvalue weighted by Crippen LogP contribution is 2.50. The minimum atomic E-state index is 0.135. The topological polar surface area (TPSA) is 77.0 Å². The van der Waals surface area contributed by atoms with Gasteiger partial charge in [-0.3, -0.25) is 0 Å². The minimum absolute atomic E-state index is 0.135. The molecule has 2 aliphatic carbocycles. The lowest BCUT2D eigenvalue weighted by atomic mass is 10.0. The van der Waals surface area contributed by atoms with Crippen molar-refractivity contribution in [3.8, 4) is 0 Å². The number of nitrogens with zero attached hydrogens (tertiary/aromatic N) is 2. The van der Waals surface area contributed by atoms with E-state index in [0.717, 1.165) is 11.8 Å². The molecule has 0 aromatic carbocycles. The minimum Gasteiger partial charge on any atom is -0.390 e. The van der Waals surface area contributed by atoms with E-state index >= 15 is 0 Å². The van der Waals surface area contributed by atoms with Crippen molar-refractivity contribution in [1.29, 1.82) is 0 Å². The summed E-state index contributed by atoms with van der Waals surface area (Å²) in [6.45, 7) is 0. The maximum Gasteiger partial charge on any atom is 0.317 e. The van der Waals surface area contributed by atoms with Gasteiger partial charge in [-0.25, -0.2) is 0 Å². The van der Waals surface area contributed by atoms with Crippen LogP contribution in [0.3, 0.4) is 0 Å². The third-order valence-electron chi connectivity index (χ3n) is 3.39. The molecule has 0 radical (unpaired) electrons. The molecule has 1 aromatic rings. The van der Waals surface area contributed by atoms with Gasteiger partial charge in [-0.05, 0) is 24.7 Å². The number of rotatable bonds is 2. The molecule has 2 atom stereocenters. The average molecular weight is 194 g/mol. The fraction of sp³-hybridized carbons (Fsp3) is 0.778. The van der Waals surface area contributed by atoms with Crippen molar-refractivity contribution in [1.82, 2.24) is 10.2 Å². The molecular formula is C9H14N4O. The summed E-state index contributed by atoms with van der Waals surface area (Å²) in [7, 11) is 0.